The van der Waals surface area contributed by atoms with Crippen molar-refractivity contribution in [2.75, 3.05) is 6.54 Å². The molecule has 0 radical (unpaired) electrons. The summed E-state index contributed by atoms with van der Waals surface area (Å²) in [5, 5.41) is 6.69. The Hall–Kier alpha value is -1.19. The highest BCUT2D eigenvalue weighted by Gasteiger charge is 2.43. The van der Waals surface area contributed by atoms with Crippen molar-refractivity contribution in [1.82, 2.24) is 10.6 Å². The largest absolute Gasteiger partial charge is 0.573 e. The minimum atomic E-state index is -4.67. The molecule has 0 aromatic heterocycles. The summed E-state index contributed by atoms with van der Waals surface area (Å²) in [6.07, 6.45) is -2.78. The molecule has 25 heavy (non-hydrogen) atoms. The maximum Gasteiger partial charge on any atom is 0.573 e. The third-order valence-electron chi connectivity index (χ3n) is 4.40. The van der Waals surface area contributed by atoms with Gasteiger partial charge >= 0.3 is 6.36 Å². The second-order valence-electron chi connectivity index (χ2n) is 6.47. The molecule has 1 aromatic carbocycles. The van der Waals surface area contributed by atoms with Crippen molar-refractivity contribution in [3.05, 3.63) is 29.8 Å². The number of guanidine groups is 1. The fraction of sp³-hybridized carbons (Fsp3) is 0.588. The summed E-state index contributed by atoms with van der Waals surface area (Å²) in [6.45, 7) is 4.78. The van der Waals surface area contributed by atoms with Crippen molar-refractivity contribution in [3.8, 4) is 5.75 Å². The first-order valence-electron chi connectivity index (χ1n) is 8.29. The number of rotatable bonds is 5. The van der Waals surface area contributed by atoms with Gasteiger partial charge in [0.15, 0.2) is 5.96 Å². The number of ether oxygens (including phenoxy) is 1. The summed E-state index contributed by atoms with van der Waals surface area (Å²) in [6, 6.07) is 6.87. The van der Waals surface area contributed by atoms with Crippen LogP contribution in [0.15, 0.2) is 29.3 Å². The molecule has 2 N–H and O–H groups in total. The monoisotopic (exact) mass is 469 g/mol. The van der Waals surface area contributed by atoms with Crippen molar-refractivity contribution >= 4 is 29.9 Å². The summed E-state index contributed by atoms with van der Waals surface area (Å²) in [4.78, 5) is 4.41. The lowest BCUT2D eigenvalue weighted by Crippen LogP contribution is -2.40. The number of nitrogens with zero attached hydrogens (tertiary/aromatic N) is 1. The van der Waals surface area contributed by atoms with Crippen LogP contribution in [0.1, 0.15) is 38.2 Å². The lowest BCUT2D eigenvalue weighted by Gasteiger charge is -2.14. The van der Waals surface area contributed by atoms with Crippen LogP contribution in [0.2, 0.25) is 0 Å². The predicted molar refractivity (Wildman–Crippen MR) is 102 cm³/mol. The molecule has 3 rings (SSSR count). The van der Waals surface area contributed by atoms with Gasteiger partial charge in [-0.2, -0.15) is 0 Å². The van der Waals surface area contributed by atoms with Gasteiger partial charge in [0, 0.05) is 24.5 Å². The molecule has 0 bridgehead atoms. The van der Waals surface area contributed by atoms with Gasteiger partial charge in [0.05, 0.1) is 0 Å². The van der Waals surface area contributed by atoms with Crippen LogP contribution in [0.3, 0.4) is 0 Å². The Balaban J connectivity index is 0.00000225. The van der Waals surface area contributed by atoms with Gasteiger partial charge in [0.2, 0.25) is 0 Å². The standard InChI is InChI=1S/C17H22F3N3O.HI/c1-3-21-16(22-13-8-10(13)2)23-14-9-12(14)11-6-4-5-7-15(11)24-17(18,19)20;/h4-7,10,12-14H,3,8-9H2,1-2H3,(H2,21,22,23);1H. The normalized spacial score (nSPS) is 28.0. The third kappa shape index (κ3) is 5.65. The summed E-state index contributed by atoms with van der Waals surface area (Å²) < 4.78 is 41.7. The minimum Gasteiger partial charge on any atom is -0.405 e. The number of aliphatic imine (C=N–C) groups is 1. The minimum absolute atomic E-state index is 0. The zero-order valence-electron chi connectivity index (χ0n) is 14.1. The number of halogens is 4. The summed E-state index contributed by atoms with van der Waals surface area (Å²) in [5.74, 6) is 1.28. The molecule has 2 saturated carbocycles. The third-order valence-corrected chi connectivity index (χ3v) is 4.40. The molecule has 0 spiro atoms. The van der Waals surface area contributed by atoms with E-state index in [1.807, 2.05) is 6.92 Å². The molecule has 0 amide bonds. The van der Waals surface area contributed by atoms with Crippen LogP contribution in [0.25, 0.3) is 0 Å². The van der Waals surface area contributed by atoms with Crippen LogP contribution in [0.5, 0.6) is 5.75 Å². The molecule has 140 valence electrons. The van der Waals surface area contributed by atoms with Crippen molar-refractivity contribution in [1.29, 1.82) is 0 Å². The summed E-state index contributed by atoms with van der Waals surface area (Å²) in [5.41, 5.74) is 0.586. The van der Waals surface area contributed by atoms with Gasteiger partial charge in [-0.25, -0.2) is 0 Å². The van der Waals surface area contributed by atoms with Crippen molar-refractivity contribution in [2.24, 2.45) is 10.9 Å². The van der Waals surface area contributed by atoms with E-state index in [9.17, 15) is 13.2 Å². The highest BCUT2D eigenvalue weighted by atomic mass is 127. The first-order chi connectivity index (χ1) is 11.4. The Labute approximate surface area is 162 Å². The second kappa shape index (κ2) is 8.01. The van der Waals surface area contributed by atoms with Crippen molar-refractivity contribution in [2.45, 2.75) is 51.1 Å². The Morgan fingerprint density at radius 2 is 1.84 bits per heavy atom. The Morgan fingerprint density at radius 3 is 2.44 bits per heavy atom. The number of benzene rings is 1. The highest BCUT2D eigenvalue weighted by molar-refractivity contribution is 14.0. The maximum absolute atomic E-state index is 12.5. The molecular weight excluding hydrogens is 446 g/mol. The summed E-state index contributed by atoms with van der Waals surface area (Å²) >= 11 is 0. The van der Waals surface area contributed by atoms with E-state index in [2.05, 4.69) is 27.3 Å². The van der Waals surface area contributed by atoms with Gasteiger partial charge in [0.1, 0.15) is 5.75 Å². The first-order valence-corrected chi connectivity index (χ1v) is 8.29. The Bertz CT molecular complexity index is 623. The van der Waals surface area contributed by atoms with E-state index in [4.69, 9.17) is 0 Å². The second-order valence-corrected chi connectivity index (χ2v) is 6.47. The van der Waals surface area contributed by atoms with E-state index in [1.165, 1.54) is 6.07 Å². The molecule has 4 unspecified atom stereocenters. The van der Waals surface area contributed by atoms with E-state index in [1.54, 1.807) is 18.2 Å². The van der Waals surface area contributed by atoms with Crippen LogP contribution in [-0.4, -0.2) is 31.0 Å². The average Bonchev–Trinajstić information content (AvgIpc) is 3.38. The van der Waals surface area contributed by atoms with Gasteiger partial charge in [-0.1, -0.05) is 25.1 Å². The molecule has 2 aliphatic rings. The number of hydrogen-bond donors (Lipinski definition) is 2. The molecule has 1 aromatic rings. The Morgan fingerprint density at radius 1 is 1.20 bits per heavy atom. The van der Waals surface area contributed by atoms with E-state index >= 15 is 0 Å². The van der Waals surface area contributed by atoms with E-state index < -0.39 is 6.36 Å². The van der Waals surface area contributed by atoms with Crippen LogP contribution < -0.4 is 15.4 Å². The smallest absolute Gasteiger partial charge is 0.405 e. The fourth-order valence-electron chi connectivity index (χ4n) is 2.87. The van der Waals surface area contributed by atoms with Crippen LogP contribution >= 0.6 is 24.0 Å². The van der Waals surface area contributed by atoms with Gasteiger partial charge in [-0.05, 0) is 37.3 Å². The molecule has 4 nitrogen and oxygen atoms in total. The quantitative estimate of drug-likeness (QED) is 0.389. The number of alkyl halides is 3. The Kier molecular flexibility index (Phi) is 6.45. The van der Waals surface area contributed by atoms with Crippen molar-refractivity contribution in [3.63, 3.8) is 0 Å². The average molecular weight is 469 g/mol. The SMILES string of the molecule is CCN=C(NC1CC1C)NC1CC1c1ccccc1OC(F)(F)F.I. The van der Waals surface area contributed by atoms with E-state index in [-0.39, 0.29) is 41.7 Å². The molecule has 4 atom stereocenters. The van der Waals surface area contributed by atoms with Crippen LogP contribution in [0, 0.1) is 5.92 Å². The highest BCUT2D eigenvalue weighted by Crippen LogP contribution is 2.45. The molecule has 0 aliphatic heterocycles. The lowest BCUT2D eigenvalue weighted by atomic mass is 10.1. The van der Waals surface area contributed by atoms with Gasteiger partial charge < -0.3 is 15.4 Å². The zero-order chi connectivity index (χ0) is 17.3. The zero-order valence-corrected chi connectivity index (χ0v) is 16.5. The molecule has 0 saturated heterocycles. The number of para-hydroxylation sites is 1. The lowest BCUT2D eigenvalue weighted by molar-refractivity contribution is -0.274. The predicted octanol–water partition coefficient (Wildman–Crippen LogP) is 4.02. The van der Waals surface area contributed by atoms with Gasteiger partial charge in [-0.15, -0.1) is 37.1 Å². The van der Waals surface area contributed by atoms with Crippen molar-refractivity contribution < 1.29 is 17.9 Å². The molecular formula is C17H23F3IN3O. The summed E-state index contributed by atoms with van der Waals surface area (Å²) in [7, 11) is 0. The van der Waals surface area contributed by atoms with Gasteiger partial charge in [0.25, 0.3) is 0 Å². The molecule has 2 aliphatic carbocycles. The maximum atomic E-state index is 12.5. The van der Waals surface area contributed by atoms with Crippen LogP contribution in [0.4, 0.5) is 13.2 Å². The fourth-order valence-corrected chi connectivity index (χ4v) is 2.87. The molecule has 0 heterocycles. The van der Waals surface area contributed by atoms with E-state index in [0.29, 0.717) is 24.1 Å². The van der Waals surface area contributed by atoms with Crippen LogP contribution in [-0.2, 0) is 0 Å². The number of nitrogens with one attached hydrogen (secondary N) is 2. The topological polar surface area (TPSA) is 45.7 Å². The van der Waals surface area contributed by atoms with E-state index in [0.717, 1.165) is 18.8 Å². The van der Waals surface area contributed by atoms with Gasteiger partial charge in [-0.3, -0.25) is 4.99 Å². The molecule has 8 heteroatoms. The number of hydrogen-bond acceptors (Lipinski definition) is 2. The molecule has 2 fully saturated rings. The first kappa shape index (κ1) is 20.1.